The van der Waals surface area contributed by atoms with Crippen LogP contribution in [0.15, 0.2) is 24.3 Å². The summed E-state index contributed by atoms with van der Waals surface area (Å²) in [6.45, 7) is 3.76. The highest BCUT2D eigenvalue weighted by molar-refractivity contribution is 5.85. The van der Waals surface area contributed by atoms with Crippen LogP contribution in [0.1, 0.15) is 44.9 Å². The number of alkyl halides is 2. The Kier molecular flexibility index (Phi) is 8.21. The number of hydrogen-bond acceptors (Lipinski definition) is 8. The Balaban J connectivity index is 0.00000304. The SMILES string of the molecule is C[C@@H]1COCCN1c1nc(NC2CCC(N(C)C)CC2)nc(-n2c(C(F)F)nc3ccccc32)n1.Cl. The molecule has 196 valence electrons. The van der Waals surface area contributed by atoms with Gasteiger partial charge in [0.2, 0.25) is 17.8 Å². The average molecular weight is 523 g/mol. The molecule has 1 atom stereocenters. The van der Waals surface area contributed by atoms with Crippen LogP contribution >= 0.6 is 12.4 Å². The van der Waals surface area contributed by atoms with Gasteiger partial charge in [-0.1, -0.05) is 12.1 Å². The lowest BCUT2D eigenvalue weighted by Gasteiger charge is -2.34. The van der Waals surface area contributed by atoms with Crippen molar-refractivity contribution in [1.29, 1.82) is 0 Å². The third-order valence-electron chi connectivity index (χ3n) is 6.98. The van der Waals surface area contributed by atoms with E-state index in [4.69, 9.17) is 9.72 Å². The maximum absolute atomic E-state index is 14.0. The number of halogens is 3. The highest BCUT2D eigenvalue weighted by atomic mass is 35.5. The van der Waals surface area contributed by atoms with Crippen LogP contribution < -0.4 is 10.2 Å². The Hall–Kier alpha value is -2.63. The summed E-state index contributed by atoms with van der Waals surface area (Å²) in [5, 5.41) is 3.47. The predicted octanol–water partition coefficient (Wildman–Crippen LogP) is 4.08. The molecule has 1 aliphatic heterocycles. The van der Waals surface area contributed by atoms with Gasteiger partial charge < -0.3 is 19.9 Å². The van der Waals surface area contributed by atoms with E-state index in [1.165, 1.54) is 4.57 Å². The first kappa shape index (κ1) is 26.4. The zero-order chi connectivity index (χ0) is 24.5. The molecule has 0 amide bonds. The van der Waals surface area contributed by atoms with Gasteiger partial charge in [-0.2, -0.15) is 15.0 Å². The fourth-order valence-electron chi connectivity index (χ4n) is 4.99. The van der Waals surface area contributed by atoms with Crippen molar-refractivity contribution in [1.82, 2.24) is 29.4 Å². The zero-order valence-electron chi connectivity index (χ0n) is 20.8. The standard InChI is InChI=1S/C24H32F2N8O.ClH/c1-15-14-35-13-12-33(15)23-29-22(27-16-8-10-17(11-9-16)32(2)3)30-24(31-23)34-19-7-5-4-6-18(19)28-21(34)20(25)26;/h4-7,15-17,20H,8-14H2,1-3H3,(H,27,29,30,31);1H/t15-,16?,17?;/m1./s1. The number of anilines is 2. The molecule has 1 saturated carbocycles. The molecule has 12 heteroatoms. The predicted molar refractivity (Wildman–Crippen MR) is 138 cm³/mol. The molecule has 0 bridgehead atoms. The number of benzene rings is 1. The number of rotatable bonds is 6. The molecule has 2 fully saturated rings. The first-order valence-electron chi connectivity index (χ1n) is 12.2. The smallest absolute Gasteiger partial charge is 0.296 e. The van der Waals surface area contributed by atoms with Crippen LogP contribution in [0.5, 0.6) is 0 Å². The third-order valence-corrected chi connectivity index (χ3v) is 6.98. The number of aromatic nitrogens is 5. The Bertz CT molecular complexity index is 1170. The van der Waals surface area contributed by atoms with Gasteiger partial charge in [0.25, 0.3) is 6.43 Å². The van der Waals surface area contributed by atoms with Crippen LogP contribution in [0.3, 0.4) is 0 Å². The summed E-state index contributed by atoms with van der Waals surface area (Å²) in [7, 11) is 4.23. The molecule has 0 unspecified atom stereocenters. The molecule has 1 N–H and O–H groups in total. The van der Waals surface area contributed by atoms with Gasteiger partial charge in [0.05, 0.1) is 30.3 Å². The first-order valence-corrected chi connectivity index (χ1v) is 12.2. The van der Waals surface area contributed by atoms with E-state index in [0.717, 1.165) is 25.7 Å². The maximum atomic E-state index is 14.0. The van der Waals surface area contributed by atoms with Crippen LogP contribution in [0.2, 0.25) is 0 Å². The van der Waals surface area contributed by atoms with E-state index in [2.05, 4.69) is 39.3 Å². The van der Waals surface area contributed by atoms with Gasteiger partial charge in [0, 0.05) is 18.6 Å². The van der Waals surface area contributed by atoms with E-state index < -0.39 is 6.43 Å². The third kappa shape index (κ3) is 5.37. The van der Waals surface area contributed by atoms with Gasteiger partial charge in [-0.15, -0.1) is 12.4 Å². The molecule has 1 aromatic carbocycles. The van der Waals surface area contributed by atoms with E-state index >= 15 is 0 Å². The number of ether oxygens (including phenoxy) is 1. The molecule has 2 aromatic heterocycles. The second kappa shape index (κ2) is 11.2. The summed E-state index contributed by atoms with van der Waals surface area (Å²) >= 11 is 0. The van der Waals surface area contributed by atoms with Crippen molar-refractivity contribution in [3.8, 4) is 5.95 Å². The van der Waals surface area contributed by atoms with Crippen LogP contribution in [0.25, 0.3) is 17.0 Å². The fraction of sp³-hybridized carbons (Fsp3) is 0.583. The Morgan fingerprint density at radius 3 is 2.44 bits per heavy atom. The highest BCUT2D eigenvalue weighted by Gasteiger charge is 2.28. The van der Waals surface area contributed by atoms with Crippen molar-refractivity contribution in [2.45, 2.75) is 57.2 Å². The van der Waals surface area contributed by atoms with Crippen molar-refractivity contribution in [3.05, 3.63) is 30.1 Å². The second-order valence-electron chi connectivity index (χ2n) is 9.58. The highest BCUT2D eigenvalue weighted by Crippen LogP contribution is 2.29. The van der Waals surface area contributed by atoms with Gasteiger partial charge in [-0.25, -0.2) is 13.8 Å². The second-order valence-corrected chi connectivity index (χ2v) is 9.58. The normalized spacial score (nSPS) is 22.8. The lowest BCUT2D eigenvalue weighted by Crippen LogP contribution is -2.45. The fourth-order valence-corrected chi connectivity index (χ4v) is 4.99. The van der Waals surface area contributed by atoms with Crippen LogP contribution in [0.4, 0.5) is 20.7 Å². The van der Waals surface area contributed by atoms with Crippen LogP contribution in [-0.4, -0.2) is 81.4 Å². The zero-order valence-corrected chi connectivity index (χ0v) is 21.6. The van der Waals surface area contributed by atoms with Gasteiger partial charge in [0.15, 0.2) is 5.82 Å². The molecule has 3 aromatic rings. The summed E-state index contributed by atoms with van der Waals surface area (Å²) in [4.78, 5) is 22.5. The van der Waals surface area contributed by atoms with Gasteiger partial charge in [-0.3, -0.25) is 4.57 Å². The lowest BCUT2D eigenvalue weighted by molar-refractivity contribution is 0.0980. The Labute approximate surface area is 215 Å². The quantitative estimate of drug-likeness (QED) is 0.518. The number of morpholine rings is 1. The summed E-state index contributed by atoms with van der Waals surface area (Å²) in [5.74, 6) is 0.612. The van der Waals surface area contributed by atoms with Crippen molar-refractivity contribution < 1.29 is 13.5 Å². The molecule has 0 radical (unpaired) electrons. The van der Waals surface area contributed by atoms with Crippen molar-refractivity contribution in [2.75, 3.05) is 44.1 Å². The van der Waals surface area contributed by atoms with Crippen LogP contribution in [0, 0.1) is 0 Å². The molecule has 1 saturated heterocycles. The minimum Gasteiger partial charge on any atom is -0.377 e. The van der Waals surface area contributed by atoms with Crippen molar-refractivity contribution >= 4 is 35.3 Å². The number of para-hydroxylation sites is 2. The minimum atomic E-state index is -2.78. The lowest BCUT2D eigenvalue weighted by atomic mass is 9.91. The van der Waals surface area contributed by atoms with E-state index in [9.17, 15) is 8.78 Å². The molecule has 3 heterocycles. The maximum Gasteiger partial charge on any atom is 0.296 e. The number of fused-ring (bicyclic) bond motifs is 1. The number of hydrogen-bond donors (Lipinski definition) is 1. The Morgan fingerprint density at radius 1 is 1.03 bits per heavy atom. The molecule has 1 aliphatic carbocycles. The molecular weight excluding hydrogens is 490 g/mol. The summed E-state index contributed by atoms with van der Waals surface area (Å²) in [5.41, 5.74) is 1.01. The monoisotopic (exact) mass is 522 g/mol. The average Bonchev–Trinajstić information content (AvgIpc) is 3.25. The van der Waals surface area contributed by atoms with Gasteiger partial charge in [0.1, 0.15) is 0 Å². The number of nitrogens with zero attached hydrogens (tertiary/aromatic N) is 7. The van der Waals surface area contributed by atoms with Gasteiger partial charge >= 0.3 is 0 Å². The summed E-state index contributed by atoms with van der Waals surface area (Å²) < 4.78 is 35.0. The van der Waals surface area contributed by atoms with Crippen molar-refractivity contribution in [3.63, 3.8) is 0 Å². The molecule has 36 heavy (non-hydrogen) atoms. The van der Waals surface area contributed by atoms with E-state index in [1.807, 2.05) is 11.8 Å². The summed E-state index contributed by atoms with van der Waals surface area (Å²) in [6, 6.07) is 7.88. The molecule has 2 aliphatic rings. The van der Waals surface area contributed by atoms with Crippen molar-refractivity contribution in [2.24, 2.45) is 0 Å². The summed E-state index contributed by atoms with van der Waals surface area (Å²) in [6.07, 6.45) is 1.37. The molecule has 5 rings (SSSR count). The minimum absolute atomic E-state index is 0. The number of imidazole rings is 1. The number of nitrogens with one attached hydrogen (secondary N) is 1. The first-order chi connectivity index (χ1) is 16.9. The van der Waals surface area contributed by atoms with E-state index in [-0.39, 0.29) is 36.3 Å². The topological polar surface area (TPSA) is 84.2 Å². The Morgan fingerprint density at radius 2 is 1.75 bits per heavy atom. The van der Waals surface area contributed by atoms with E-state index in [0.29, 0.717) is 48.7 Å². The van der Waals surface area contributed by atoms with Gasteiger partial charge in [-0.05, 0) is 58.8 Å². The molecule has 9 nitrogen and oxygen atoms in total. The van der Waals surface area contributed by atoms with Crippen LogP contribution in [-0.2, 0) is 4.74 Å². The molecule has 0 spiro atoms. The largest absolute Gasteiger partial charge is 0.377 e. The van der Waals surface area contributed by atoms with E-state index in [1.54, 1.807) is 24.3 Å². The molecular formula is C24H33ClF2N8O.